The second-order valence-electron chi connectivity index (χ2n) is 6.27. The molecule has 2 amide bonds. The van der Waals surface area contributed by atoms with Gasteiger partial charge >= 0.3 is 12.0 Å². The minimum absolute atomic E-state index is 0.0176. The third kappa shape index (κ3) is 4.78. The van der Waals surface area contributed by atoms with E-state index in [0.29, 0.717) is 10.6 Å². The molecular formula is C20H19ClN2O5S. The molecule has 29 heavy (non-hydrogen) atoms. The van der Waals surface area contributed by atoms with Gasteiger partial charge in [0.25, 0.3) is 0 Å². The largest absolute Gasteiger partial charge is 0.463 e. The summed E-state index contributed by atoms with van der Waals surface area (Å²) in [6.45, 7) is 1.74. The third-order valence-electron chi connectivity index (χ3n) is 4.29. The van der Waals surface area contributed by atoms with Crippen molar-refractivity contribution in [2.45, 2.75) is 17.9 Å². The minimum Gasteiger partial charge on any atom is -0.463 e. The molecule has 0 spiro atoms. The number of carbonyl (C=O) groups is 2. The number of carbonyl (C=O) groups excluding carboxylic acids is 2. The molecule has 0 saturated carbocycles. The van der Waals surface area contributed by atoms with E-state index in [1.165, 1.54) is 12.1 Å². The van der Waals surface area contributed by atoms with Gasteiger partial charge in [-0.1, -0.05) is 41.9 Å². The molecule has 1 unspecified atom stereocenters. The van der Waals surface area contributed by atoms with Gasteiger partial charge in [0, 0.05) is 10.7 Å². The lowest BCUT2D eigenvalue weighted by Crippen LogP contribution is -2.47. The monoisotopic (exact) mass is 434 g/mol. The molecular weight excluding hydrogens is 416 g/mol. The normalized spacial score (nSPS) is 16.8. The number of urea groups is 1. The molecule has 0 bridgehead atoms. The Kier molecular flexibility index (Phi) is 6.24. The average Bonchev–Trinajstić information content (AvgIpc) is 2.68. The van der Waals surface area contributed by atoms with E-state index in [1.807, 2.05) is 0 Å². The molecule has 3 rings (SSSR count). The molecule has 0 aliphatic carbocycles. The van der Waals surface area contributed by atoms with Crippen LogP contribution in [0.5, 0.6) is 0 Å². The molecule has 0 aromatic heterocycles. The van der Waals surface area contributed by atoms with Gasteiger partial charge in [0.1, 0.15) is 0 Å². The standard InChI is InChI=1S/C20H19ClN2O5S/c1-2-28-19(24)17-16(12-29(26,27)15-6-4-3-5-7-15)22-20(25)23-18(17)13-8-10-14(21)11-9-13/h3-11,18H,2,12H2,1H3,(H2,22,23,25). The molecule has 1 heterocycles. The first-order valence-corrected chi connectivity index (χ1v) is 10.9. The number of hydrogen-bond acceptors (Lipinski definition) is 5. The van der Waals surface area contributed by atoms with E-state index in [-0.39, 0.29) is 22.8 Å². The Labute approximate surface area is 173 Å². The zero-order valence-electron chi connectivity index (χ0n) is 15.5. The maximum atomic E-state index is 12.8. The fourth-order valence-corrected chi connectivity index (χ4v) is 4.46. The Morgan fingerprint density at radius 3 is 2.38 bits per heavy atom. The number of rotatable bonds is 6. The van der Waals surface area contributed by atoms with E-state index in [9.17, 15) is 18.0 Å². The van der Waals surface area contributed by atoms with Gasteiger partial charge in [-0.2, -0.15) is 0 Å². The summed E-state index contributed by atoms with van der Waals surface area (Å²) in [5.74, 6) is -1.26. The fourth-order valence-electron chi connectivity index (χ4n) is 2.99. The number of ether oxygens (including phenoxy) is 1. The van der Waals surface area contributed by atoms with Crippen LogP contribution in [0.3, 0.4) is 0 Å². The molecule has 9 heteroatoms. The highest BCUT2D eigenvalue weighted by Crippen LogP contribution is 2.30. The average molecular weight is 435 g/mol. The van der Waals surface area contributed by atoms with Gasteiger partial charge in [-0.15, -0.1) is 0 Å². The van der Waals surface area contributed by atoms with Crippen molar-refractivity contribution in [2.75, 3.05) is 12.4 Å². The molecule has 1 aliphatic rings. The molecule has 0 fully saturated rings. The number of benzene rings is 2. The topological polar surface area (TPSA) is 102 Å². The van der Waals surface area contributed by atoms with Crippen LogP contribution >= 0.6 is 11.6 Å². The quantitative estimate of drug-likeness (QED) is 0.680. The Morgan fingerprint density at radius 2 is 1.76 bits per heavy atom. The van der Waals surface area contributed by atoms with Gasteiger partial charge in [-0.05, 0) is 36.8 Å². The lowest BCUT2D eigenvalue weighted by atomic mass is 9.95. The second kappa shape index (κ2) is 8.67. The zero-order chi connectivity index (χ0) is 21.0. The minimum atomic E-state index is -3.81. The van der Waals surface area contributed by atoms with Crippen LogP contribution < -0.4 is 10.6 Å². The van der Waals surface area contributed by atoms with Crippen molar-refractivity contribution in [1.29, 1.82) is 0 Å². The Hall–Kier alpha value is -2.84. The van der Waals surface area contributed by atoms with Gasteiger partial charge in [0.15, 0.2) is 9.84 Å². The van der Waals surface area contributed by atoms with Crippen LogP contribution in [0.25, 0.3) is 0 Å². The highest BCUT2D eigenvalue weighted by atomic mass is 35.5. The number of amides is 2. The summed E-state index contributed by atoms with van der Waals surface area (Å²) >= 11 is 5.93. The molecule has 2 aromatic carbocycles. The van der Waals surface area contributed by atoms with E-state index < -0.39 is 33.6 Å². The number of sulfone groups is 1. The van der Waals surface area contributed by atoms with Gasteiger partial charge in [-0.25, -0.2) is 18.0 Å². The van der Waals surface area contributed by atoms with Crippen LogP contribution in [0.15, 0.2) is 70.8 Å². The van der Waals surface area contributed by atoms with Crippen LogP contribution in [0.4, 0.5) is 4.79 Å². The molecule has 2 aromatic rings. The van der Waals surface area contributed by atoms with Crippen molar-refractivity contribution in [2.24, 2.45) is 0 Å². The number of hydrogen-bond donors (Lipinski definition) is 2. The highest BCUT2D eigenvalue weighted by Gasteiger charge is 2.35. The van der Waals surface area contributed by atoms with Crippen molar-refractivity contribution < 1.29 is 22.7 Å². The summed E-state index contributed by atoms with van der Waals surface area (Å²) in [5.41, 5.74) is 0.589. The van der Waals surface area contributed by atoms with Crippen molar-refractivity contribution in [3.63, 3.8) is 0 Å². The molecule has 7 nitrogen and oxygen atoms in total. The summed E-state index contributed by atoms with van der Waals surface area (Å²) in [5, 5.41) is 5.61. The van der Waals surface area contributed by atoms with Gasteiger partial charge < -0.3 is 15.4 Å². The summed E-state index contributed by atoms with van der Waals surface area (Å²) in [6, 6.07) is 12.9. The Morgan fingerprint density at radius 1 is 1.10 bits per heavy atom. The summed E-state index contributed by atoms with van der Waals surface area (Å²) in [4.78, 5) is 25.0. The van der Waals surface area contributed by atoms with Gasteiger partial charge in [-0.3, -0.25) is 0 Å². The molecule has 2 N–H and O–H groups in total. The fraction of sp³-hybridized carbons (Fsp3) is 0.200. The first-order chi connectivity index (χ1) is 13.8. The van der Waals surface area contributed by atoms with E-state index in [0.717, 1.165) is 0 Å². The Balaban J connectivity index is 2.09. The molecule has 1 atom stereocenters. The smallest absolute Gasteiger partial charge is 0.338 e. The van der Waals surface area contributed by atoms with Crippen molar-refractivity contribution >= 4 is 33.4 Å². The maximum absolute atomic E-state index is 12.8. The lowest BCUT2D eigenvalue weighted by molar-refractivity contribution is -0.139. The predicted octanol–water partition coefficient (Wildman–Crippen LogP) is 2.99. The van der Waals surface area contributed by atoms with E-state index in [1.54, 1.807) is 49.4 Å². The van der Waals surface area contributed by atoms with Gasteiger partial charge in [0.2, 0.25) is 0 Å². The van der Waals surface area contributed by atoms with Crippen LogP contribution in [-0.4, -0.2) is 32.8 Å². The summed E-state index contributed by atoms with van der Waals surface area (Å²) in [7, 11) is -3.81. The Bertz CT molecular complexity index is 1050. The summed E-state index contributed by atoms with van der Waals surface area (Å²) in [6.07, 6.45) is 0. The number of nitrogens with one attached hydrogen (secondary N) is 2. The van der Waals surface area contributed by atoms with Crippen molar-refractivity contribution in [3.05, 3.63) is 76.5 Å². The number of esters is 1. The molecule has 1 aliphatic heterocycles. The van der Waals surface area contributed by atoms with Crippen molar-refractivity contribution in [1.82, 2.24) is 10.6 Å². The zero-order valence-corrected chi connectivity index (χ0v) is 17.1. The van der Waals surface area contributed by atoms with Crippen molar-refractivity contribution in [3.8, 4) is 0 Å². The second-order valence-corrected chi connectivity index (χ2v) is 8.69. The SMILES string of the molecule is CCOC(=O)C1=C(CS(=O)(=O)c2ccccc2)NC(=O)NC1c1ccc(Cl)cc1. The molecule has 0 radical (unpaired) electrons. The summed E-state index contributed by atoms with van der Waals surface area (Å²) < 4.78 is 30.8. The maximum Gasteiger partial charge on any atom is 0.338 e. The first-order valence-electron chi connectivity index (χ1n) is 8.82. The molecule has 152 valence electrons. The number of halogens is 1. The van der Waals surface area contributed by atoms with Gasteiger partial charge in [0.05, 0.1) is 28.9 Å². The predicted molar refractivity (Wildman–Crippen MR) is 108 cm³/mol. The highest BCUT2D eigenvalue weighted by molar-refractivity contribution is 7.91. The lowest BCUT2D eigenvalue weighted by Gasteiger charge is -2.29. The third-order valence-corrected chi connectivity index (χ3v) is 6.20. The van der Waals surface area contributed by atoms with Crippen LogP contribution in [0.2, 0.25) is 5.02 Å². The van der Waals surface area contributed by atoms with Crippen LogP contribution in [-0.2, 0) is 19.4 Å². The molecule has 0 saturated heterocycles. The van der Waals surface area contributed by atoms with E-state index in [2.05, 4.69) is 10.6 Å². The van der Waals surface area contributed by atoms with E-state index >= 15 is 0 Å². The van der Waals surface area contributed by atoms with E-state index in [4.69, 9.17) is 16.3 Å². The first kappa shape index (κ1) is 20.9. The van der Waals surface area contributed by atoms with Crippen LogP contribution in [0, 0.1) is 0 Å². The van der Waals surface area contributed by atoms with Crippen LogP contribution in [0.1, 0.15) is 18.5 Å².